The van der Waals surface area contributed by atoms with Crippen molar-refractivity contribution < 1.29 is 22.4 Å². The molecule has 3 nitrogen and oxygen atoms in total. The normalized spacial score (nSPS) is 26.5. The molecular formula is C27H32F4N2O. The fraction of sp³-hybridized carbons (Fsp3) is 0.519. The number of nitrogens with zero attached hydrogens (tertiary/aromatic N) is 2. The van der Waals surface area contributed by atoms with Gasteiger partial charge in [-0.1, -0.05) is 26.0 Å². The van der Waals surface area contributed by atoms with Crippen molar-refractivity contribution in [1.29, 1.82) is 0 Å². The summed E-state index contributed by atoms with van der Waals surface area (Å²) in [5.41, 5.74) is 0.848. The lowest BCUT2D eigenvalue weighted by Gasteiger charge is -2.42. The van der Waals surface area contributed by atoms with Gasteiger partial charge < -0.3 is 0 Å². The van der Waals surface area contributed by atoms with Crippen LogP contribution in [0.1, 0.15) is 62.7 Å². The monoisotopic (exact) mass is 476 g/mol. The predicted molar refractivity (Wildman–Crippen MR) is 123 cm³/mol. The molecule has 0 N–H and O–H groups in total. The van der Waals surface area contributed by atoms with Gasteiger partial charge in [0, 0.05) is 47.2 Å². The van der Waals surface area contributed by atoms with E-state index in [-0.39, 0.29) is 29.7 Å². The van der Waals surface area contributed by atoms with E-state index in [1.165, 1.54) is 24.3 Å². The molecule has 0 spiro atoms. The minimum absolute atomic E-state index is 0.145. The standard InChI is InChI=1S/C27H32F4N2O/c1-3-32-11-9-17(13-25(32)21-7-5-19(28)15-23(21)30)27(34)18-10-12-33(4-2)26(14-18)22-8-6-20(29)16-24(22)31/h5-8,15-18,25-26H,3-4,9-14H2,1-2H3. The Morgan fingerprint density at radius 2 is 1.18 bits per heavy atom. The smallest absolute Gasteiger partial charge is 0.139 e. The summed E-state index contributed by atoms with van der Waals surface area (Å²) in [5, 5.41) is 0. The molecule has 0 aliphatic carbocycles. The Bertz CT molecular complexity index is 950. The number of likely N-dealkylation sites (tertiary alicyclic amines) is 2. The molecule has 2 aromatic rings. The molecular weight excluding hydrogens is 444 g/mol. The molecule has 4 rings (SSSR count). The molecule has 7 heteroatoms. The fourth-order valence-electron chi connectivity index (χ4n) is 5.83. The second kappa shape index (κ2) is 10.6. The van der Waals surface area contributed by atoms with E-state index >= 15 is 0 Å². The van der Waals surface area contributed by atoms with Gasteiger partial charge in [-0.05, 0) is 64.0 Å². The van der Waals surface area contributed by atoms with E-state index in [4.69, 9.17) is 0 Å². The number of hydrogen-bond acceptors (Lipinski definition) is 3. The minimum atomic E-state index is -0.616. The third kappa shape index (κ3) is 5.05. The zero-order chi connectivity index (χ0) is 24.4. The van der Waals surface area contributed by atoms with Crippen LogP contribution in [-0.4, -0.2) is 41.8 Å². The molecule has 4 unspecified atom stereocenters. The lowest BCUT2D eigenvalue weighted by Crippen LogP contribution is -2.44. The van der Waals surface area contributed by atoms with E-state index < -0.39 is 23.3 Å². The first kappa shape index (κ1) is 24.9. The van der Waals surface area contributed by atoms with Crippen LogP contribution in [0.4, 0.5) is 17.6 Å². The summed E-state index contributed by atoms with van der Waals surface area (Å²) in [6, 6.07) is 6.73. The number of carbonyl (C=O) groups excluding carboxylic acids is 1. The Balaban J connectivity index is 1.53. The highest BCUT2D eigenvalue weighted by molar-refractivity contribution is 5.84. The number of halogens is 4. The van der Waals surface area contributed by atoms with Crippen molar-refractivity contribution in [3.05, 3.63) is 70.8 Å². The Morgan fingerprint density at radius 3 is 1.53 bits per heavy atom. The lowest BCUT2D eigenvalue weighted by atomic mass is 9.76. The van der Waals surface area contributed by atoms with Crippen molar-refractivity contribution in [3.8, 4) is 0 Å². The van der Waals surface area contributed by atoms with Crippen LogP contribution in [0.3, 0.4) is 0 Å². The summed E-state index contributed by atoms with van der Waals surface area (Å²) in [5.74, 6) is -2.71. The van der Waals surface area contributed by atoms with Crippen molar-refractivity contribution in [3.63, 3.8) is 0 Å². The molecule has 0 aromatic heterocycles. The van der Waals surface area contributed by atoms with Gasteiger partial charge in [-0.15, -0.1) is 0 Å². The van der Waals surface area contributed by atoms with Crippen molar-refractivity contribution in [2.45, 2.75) is 51.6 Å². The first-order chi connectivity index (χ1) is 16.3. The van der Waals surface area contributed by atoms with E-state index in [1.54, 1.807) is 0 Å². The van der Waals surface area contributed by atoms with Crippen LogP contribution in [0.15, 0.2) is 36.4 Å². The van der Waals surface area contributed by atoms with Gasteiger partial charge in [0.15, 0.2) is 0 Å². The van der Waals surface area contributed by atoms with Crippen LogP contribution in [0.25, 0.3) is 0 Å². The highest BCUT2D eigenvalue weighted by Crippen LogP contribution is 2.41. The van der Waals surface area contributed by atoms with Crippen LogP contribution in [0.5, 0.6) is 0 Å². The number of rotatable bonds is 6. The van der Waals surface area contributed by atoms with Crippen LogP contribution in [0, 0.1) is 35.1 Å². The van der Waals surface area contributed by atoms with Gasteiger partial charge in [0.1, 0.15) is 29.1 Å². The SMILES string of the molecule is CCN1CCC(C(=O)C2CCN(CC)C(c3ccc(F)cc3F)C2)CC1c1ccc(F)cc1F. The van der Waals surface area contributed by atoms with E-state index in [9.17, 15) is 22.4 Å². The van der Waals surface area contributed by atoms with Crippen molar-refractivity contribution >= 4 is 5.78 Å². The molecule has 34 heavy (non-hydrogen) atoms. The molecule has 0 bridgehead atoms. The van der Waals surface area contributed by atoms with Crippen LogP contribution < -0.4 is 0 Å². The molecule has 0 saturated carbocycles. The highest BCUT2D eigenvalue weighted by atomic mass is 19.1. The molecule has 2 aliphatic rings. The Labute approximate surface area is 198 Å². The molecule has 0 amide bonds. The summed E-state index contributed by atoms with van der Waals surface area (Å²) in [4.78, 5) is 17.9. The Morgan fingerprint density at radius 1 is 0.765 bits per heavy atom. The highest BCUT2D eigenvalue weighted by Gasteiger charge is 2.39. The summed E-state index contributed by atoms with van der Waals surface area (Å²) in [6.45, 7) is 6.75. The molecule has 0 radical (unpaired) electrons. The maximum atomic E-state index is 14.6. The summed E-state index contributed by atoms with van der Waals surface area (Å²) < 4.78 is 56.1. The Kier molecular flexibility index (Phi) is 7.73. The van der Waals surface area contributed by atoms with Gasteiger partial charge in [0.2, 0.25) is 0 Å². The van der Waals surface area contributed by atoms with E-state index in [0.29, 0.717) is 63.0 Å². The minimum Gasteiger partial charge on any atom is -0.299 e. The maximum Gasteiger partial charge on any atom is 0.139 e. The average Bonchev–Trinajstić information content (AvgIpc) is 2.83. The van der Waals surface area contributed by atoms with Crippen molar-refractivity contribution in [1.82, 2.24) is 9.80 Å². The zero-order valence-corrected chi connectivity index (χ0v) is 19.7. The van der Waals surface area contributed by atoms with Crippen molar-refractivity contribution in [2.75, 3.05) is 26.2 Å². The number of ketones is 1. The molecule has 2 aromatic carbocycles. The first-order valence-electron chi connectivity index (χ1n) is 12.2. The summed E-state index contributed by atoms with van der Waals surface area (Å²) in [6.07, 6.45) is 2.35. The molecule has 2 fully saturated rings. The Hall–Kier alpha value is -2.25. The van der Waals surface area contributed by atoms with E-state index in [2.05, 4.69) is 9.80 Å². The van der Waals surface area contributed by atoms with Crippen LogP contribution in [-0.2, 0) is 4.79 Å². The van der Waals surface area contributed by atoms with Crippen LogP contribution in [0.2, 0.25) is 0 Å². The third-order valence-electron chi connectivity index (χ3n) is 7.69. The topological polar surface area (TPSA) is 23.6 Å². The number of carbonyl (C=O) groups is 1. The molecule has 184 valence electrons. The van der Waals surface area contributed by atoms with Gasteiger partial charge in [0.25, 0.3) is 0 Å². The fourth-order valence-corrected chi connectivity index (χ4v) is 5.83. The largest absolute Gasteiger partial charge is 0.299 e. The second-order valence-corrected chi connectivity index (χ2v) is 9.47. The van der Waals surface area contributed by atoms with Gasteiger partial charge in [0.05, 0.1) is 0 Å². The second-order valence-electron chi connectivity index (χ2n) is 9.47. The van der Waals surface area contributed by atoms with E-state index in [1.807, 2.05) is 13.8 Å². The average molecular weight is 477 g/mol. The molecule has 2 heterocycles. The predicted octanol–water partition coefficient (Wildman–Crippen LogP) is 6.06. The number of piperidine rings is 2. The number of benzene rings is 2. The lowest BCUT2D eigenvalue weighted by molar-refractivity contribution is -0.131. The summed E-state index contributed by atoms with van der Waals surface area (Å²) in [7, 11) is 0. The molecule has 2 saturated heterocycles. The summed E-state index contributed by atoms with van der Waals surface area (Å²) >= 11 is 0. The van der Waals surface area contributed by atoms with E-state index in [0.717, 1.165) is 12.1 Å². The quantitative estimate of drug-likeness (QED) is 0.474. The van der Waals surface area contributed by atoms with Crippen LogP contribution >= 0.6 is 0 Å². The van der Waals surface area contributed by atoms with Crippen molar-refractivity contribution in [2.24, 2.45) is 11.8 Å². The van der Waals surface area contributed by atoms with Gasteiger partial charge in [-0.25, -0.2) is 17.6 Å². The number of Topliss-reactive ketones (excluding diaryl/α,β-unsaturated/α-hetero) is 1. The third-order valence-corrected chi connectivity index (χ3v) is 7.69. The first-order valence-corrected chi connectivity index (χ1v) is 12.2. The van der Waals surface area contributed by atoms with Gasteiger partial charge >= 0.3 is 0 Å². The van der Waals surface area contributed by atoms with Gasteiger partial charge in [-0.3, -0.25) is 14.6 Å². The number of hydrogen-bond donors (Lipinski definition) is 0. The maximum absolute atomic E-state index is 14.6. The zero-order valence-electron chi connectivity index (χ0n) is 19.7. The van der Waals surface area contributed by atoms with Gasteiger partial charge in [-0.2, -0.15) is 0 Å². The molecule has 2 aliphatic heterocycles. The molecule has 4 atom stereocenters.